The predicted molar refractivity (Wildman–Crippen MR) is 138 cm³/mol. The number of nitrogens with one attached hydrogen (secondary N) is 2. The van der Waals surface area contributed by atoms with Gasteiger partial charge in [0.2, 0.25) is 0 Å². The average Bonchev–Trinajstić information content (AvgIpc) is 3.50. The van der Waals surface area contributed by atoms with Gasteiger partial charge in [0.1, 0.15) is 5.69 Å². The SMILES string of the molecule is Cc1nc(NC(=O)Oc2cnn3c(C(F)F)cc(-c4ccc(C(F)(F)F)cc4)nc23)sc1S(=O)(=O)NC(C)(CO)CO. The number of carbonyl (C=O) groups is 1. The van der Waals surface area contributed by atoms with Crippen molar-refractivity contribution in [2.45, 2.75) is 36.2 Å². The monoisotopic (exact) mass is 636 g/mol. The van der Waals surface area contributed by atoms with E-state index in [4.69, 9.17) is 4.74 Å². The lowest BCUT2D eigenvalue weighted by Crippen LogP contribution is -2.51. The van der Waals surface area contributed by atoms with Crippen molar-refractivity contribution in [1.82, 2.24) is 24.3 Å². The lowest BCUT2D eigenvalue weighted by molar-refractivity contribution is -0.137. The molecule has 226 valence electrons. The Balaban J connectivity index is 1.60. The van der Waals surface area contributed by atoms with Crippen molar-refractivity contribution in [1.29, 1.82) is 0 Å². The van der Waals surface area contributed by atoms with Gasteiger partial charge in [0.25, 0.3) is 16.4 Å². The predicted octanol–water partition coefficient (Wildman–Crippen LogP) is 3.75. The largest absolute Gasteiger partial charge is 0.419 e. The number of amides is 1. The number of benzene rings is 1. The summed E-state index contributed by atoms with van der Waals surface area (Å²) < 4.78 is 99.6. The van der Waals surface area contributed by atoms with Crippen LogP contribution in [0.25, 0.3) is 16.9 Å². The molecule has 3 aromatic heterocycles. The Kier molecular flexibility index (Phi) is 8.52. The fourth-order valence-electron chi connectivity index (χ4n) is 3.55. The summed E-state index contributed by atoms with van der Waals surface area (Å²) in [5.74, 6) is -0.396. The van der Waals surface area contributed by atoms with Crippen LogP contribution < -0.4 is 14.8 Å². The standard InChI is InChI=1S/C23H21F5N6O6S2/c1-11-19(42(38,39)33-22(2,9-35)10-36)41-20(30-11)32-21(37)40-16-8-29-34-15(17(24)25)7-14(31-18(16)34)12-3-5-13(6-4-12)23(26,27)28/h3-8,17,33,35-36H,9-10H2,1-2H3,(H,30,32,37). The Hall–Kier alpha value is -3.78. The van der Waals surface area contributed by atoms with E-state index in [9.17, 15) is 45.4 Å². The first kappa shape index (κ1) is 31.2. The Labute approximate surface area is 237 Å². The summed E-state index contributed by atoms with van der Waals surface area (Å²) >= 11 is 0.529. The van der Waals surface area contributed by atoms with Gasteiger partial charge in [0.15, 0.2) is 20.7 Å². The molecule has 42 heavy (non-hydrogen) atoms. The lowest BCUT2D eigenvalue weighted by Gasteiger charge is -2.25. The minimum atomic E-state index is -4.61. The zero-order chi connectivity index (χ0) is 31.0. The number of thiazole rings is 1. The minimum absolute atomic E-state index is 0.0264. The summed E-state index contributed by atoms with van der Waals surface area (Å²) in [5.41, 5.74) is -3.66. The molecule has 0 spiro atoms. The molecule has 0 radical (unpaired) electrons. The van der Waals surface area contributed by atoms with Gasteiger partial charge < -0.3 is 14.9 Å². The van der Waals surface area contributed by atoms with E-state index < -0.39 is 64.5 Å². The third-order valence-electron chi connectivity index (χ3n) is 5.69. The fourth-order valence-corrected chi connectivity index (χ4v) is 6.35. The maximum absolute atomic E-state index is 13.8. The van der Waals surface area contributed by atoms with Crippen molar-refractivity contribution in [3.05, 3.63) is 53.5 Å². The highest BCUT2D eigenvalue weighted by molar-refractivity contribution is 7.91. The summed E-state index contributed by atoms with van der Waals surface area (Å²) in [5, 5.41) is 24.5. The topological polar surface area (TPSA) is 168 Å². The van der Waals surface area contributed by atoms with Gasteiger partial charge in [-0.1, -0.05) is 23.5 Å². The molecule has 0 atom stereocenters. The molecule has 0 aliphatic carbocycles. The summed E-state index contributed by atoms with van der Waals surface area (Å²) in [4.78, 5) is 20.7. The van der Waals surface area contributed by atoms with Crippen LogP contribution in [0.4, 0.5) is 31.9 Å². The number of sulfonamides is 1. The molecule has 4 aromatic rings. The molecule has 12 nitrogen and oxygen atoms in total. The minimum Gasteiger partial charge on any atom is -0.404 e. The number of halogens is 5. The van der Waals surface area contributed by atoms with Crippen molar-refractivity contribution >= 4 is 38.2 Å². The molecular weight excluding hydrogens is 615 g/mol. The summed E-state index contributed by atoms with van der Waals surface area (Å²) in [6, 6.07) is 4.56. The van der Waals surface area contributed by atoms with E-state index in [1.807, 2.05) is 0 Å². The van der Waals surface area contributed by atoms with Crippen LogP contribution in [-0.2, 0) is 16.2 Å². The molecule has 0 bridgehead atoms. The molecule has 3 heterocycles. The number of hydrogen-bond acceptors (Lipinski definition) is 10. The fraction of sp³-hybridized carbons (Fsp3) is 0.304. The normalized spacial score (nSPS) is 12.7. The number of ether oxygens (including phenoxy) is 1. The molecule has 0 unspecified atom stereocenters. The number of anilines is 1. The van der Waals surface area contributed by atoms with Crippen LogP contribution in [-0.4, -0.2) is 63.1 Å². The second kappa shape index (κ2) is 11.5. The van der Waals surface area contributed by atoms with Crippen LogP contribution >= 0.6 is 11.3 Å². The highest BCUT2D eigenvalue weighted by Crippen LogP contribution is 2.33. The van der Waals surface area contributed by atoms with E-state index in [0.717, 1.165) is 36.5 Å². The number of aliphatic hydroxyl groups is 2. The van der Waals surface area contributed by atoms with Crippen molar-refractivity contribution in [3.8, 4) is 17.0 Å². The molecule has 1 amide bonds. The number of aliphatic hydroxyl groups excluding tert-OH is 2. The maximum atomic E-state index is 13.8. The number of aryl methyl sites for hydroxylation is 1. The van der Waals surface area contributed by atoms with Crippen LogP contribution in [0.15, 0.2) is 40.7 Å². The molecule has 0 saturated carbocycles. The quantitative estimate of drug-likeness (QED) is 0.200. The van der Waals surface area contributed by atoms with E-state index >= 15 is 0 Å². The van der Waals surface area contributed by atoms with E-state index in [-0.39, 0.29) is 31.9 Å². The summed E-state index contributed by atoms with van der Waals surface area (Å²) in [6.07, 6.45) is -8.00. The van der Waals surface area contributed by atoms with E-state index in [2.05, 4.69) is 25.1 Å². The Morgan fingerprint density at radius 3 is 2.36 bits per heavy atom. The second-order valence-corrected chi connectivity index (χ2v) is 12.0. The smallest absolute Gasteiger partial charge is 0.404 e. The Morgan fingerprint density at radius 2 is 1.79 bits per heavy atom. The van der Waals surface area contributed by atoms with E-state index in [0.29, 0.717) is 15.9 Å². The van der Waals surface area contributed by atoms with E-state index in [1.54, 1.807) is 0 Å². The molecule has 0 saturated heterocycles. The highest BCUT2D eigenvalue weighted by Gasteiger charge is 2.33. The first-order valence-electron chi connectivity index (χ1n) is 11.6. The van der Waals surface area contributed by atoms with Crippen molar-refractivity contribution in [2.75, 3.05) is 18.5 Å². The van der Waals surface area contributed by atoms with Gasteiger partial charge in [-0.2, -0.15) is 23.0 Å². The van der Waals surface area contributed by atoms with Gasteiger partial charge in [-0.15, -0.1) is 0 Å². The first-order valence-corrected chi connectivity index (χ1v) is 13.9. The Bertz CT molecular complexity index is 1720. The van der Waals surface area contributed by atoms with Crippen molar-refractivity contribution < 1.29 is 50.1 Å². The first-order chi connectivity index (χ1) is 19.6. The Morgan fingerprint density at radius 1 is 1.14 bits per heavy atom. The van der Waals surface area contributed by atoms with Crippen molar-refractivity contribution in [3.63, 3.8) is 0 Å². The van der Waals surface area contributed by atoms with Crippen LogP contribution in [0, 0.1) is 6.92 Å². The van der Waals surface area contributed by atoms with Crippen LogP contribution in [0.3, 0.4) is 0 Å². The molecule has 4 rings (SSSR count). The van der Waals surface area contributed by atoms with Crippen LogP contribution in [0.2, 0.25) is 0 Å². The number of carbonyl (C=O) groups excluding carboxylic acids is 1. The van der Waals surface area contributed by atoms with Crippen LogP contribution in [0.1, 0.15) is 30.3 Å². The number of rotatable bonds is 9. The summed E-state index contributed by atoms with van der Waals surface area (Å²) in [7, 11) is -4.28. The average molecular weight is 637 g/mol. The molecule has 4 N–H and O–H groups in total. The van der Waals surface area contributed by atoms with Gasteiger partial charge >= 0.3 is 12.3 Å². The third-order valence-corrected chi connectivity index (χ3v) is 9.01. The maximum Gasteiger partial charge on any atom is 0.419 e. The third kappa shape index (κ3) is 6.49. The van der Waals surface area contributed by atoms with Gasteiger partial charge in [0.05, 0.1) is 41.9 Å². The molecule has 0 aliphatic rings. The number of fused-ring (bicyclic) bond motifs is 1. The van der Waals surface area contributed by atoms with Crippen LogP contribution in [0.5, 0.6) is 5.75 Å². The molecule has 0 fully saturated rings. The lowest BCUT2D eigenvalue weighted by atomic mass is 10.1. The zero-order valence-electron chi connectivity index (χ0n) is 21.5. The van der Waals surface area contributed by atoms with Gasteiger partial charge in [-0.25, -0.2) is 36.5 Å². The number of aromatic nitrogens is 4. The highest BCUT2D eigenvalue weighted by atomic mass is 32.2. The zero-order valence-corrected chi connectivity index (χ0v) is 23.1. The van der Waals surface area contributed by atoms with Crippen molar-refractivity contribution in [2.24, 2.45) is 0 Å². The molecular formula is C23H21F5N6O6S2. The number of nitrogens with zero attached hydrogens (tertiary/aromatic N) is 4. The number of alkyl halides is 5. The van der Waals surface area contributed by atoms with Gasteiger partial charge in [-0.05, 0) is 32.0 Å². The van der Waals surface area contributed by atoms with E-state index in [1.165, 1.54) is 13.8 Å². The summed E-state index contributed by atoms with van der Waals surface area (Å²) in [6.45, 7) is 1.18. The van der Waals surface area contributed by atoms with Gasteiger partial charge in [0, 0.05) is 5.56 Å². The molecule has 0 aliphatic heterocycles. The number of hydrogen-bond donors (Lipinski definition) is 4. The molecule has 1 aromatic carbocycles. The molecule has 19 heteroatoms. The van der Waals surface area contributed by atoms with Gasteiger partial charge in [-0.3, -0.25) is 5.32 Å². The second-order valence-electron chi connectivity index (χ2n) is 9.08.